The standard InChI is InChI=1S/C16H17BrClNO/c1-9-6-13(7-10(2)16(9)17)20-15-5-4-12(11(3)19)8-14(15)18/h4-8,11H,19H2,1-3H3. The van der Waals surface area contributed by atoms with Crippen LogP contribution in [-0.4, -0.2) is 0 Å². The first kappa shape index (κ1) is 15.4. The van der Waals surface area contributed by atoms with E-state index < -0.39 is 0 Å². The van der Waals surface area contributed by atoms with E-state index in [1.54, 1.807) is 0 Å². The molecule has 0 bridgehead atoms. The molecular weight excluding hydrogens is 338 g/mol. The number of halogens is 2. The fourth-order valence-corrected chi connectivity index (χ4v) is 2.43. The van der Waals surface area contributed by atoms with Crippen LogP contribution in [0, 0.1) is 13.8 Å². The van der Waals surface area contributed by atoms with Gasteiger partial charge in [0.15, 0.2) is 0 Å². The van der Waals surface area contributed by atoms with Crippen LogP contribution in [0.1, 0.15) is 29.7 Å². The molecule has 2 N–H and O–H groups in total. The summed E-state index contributed by atoms with van der Waals surface area (Å²) in [5.41, 5.74) is 9.08. The van der Waals surface area contributed by atoms with Gasteiger partial charge in [-0.2, -0.15) is 0 Å². The van der Waals surface area contributed by atoms with Gasteiger partial charge in [0.1, 0.15) is 11.5 Å². The average Bonchev–Trinajstić information content (AvgIpc) is 2.38. The topological polar surface area (TPSA) is 35.2 Å². The number of aryl methyl sites for hydroxylation is 2. The third-order valence-electron chi connectivity index (χ3n) is 3.12. The highest BCUT2D eigenvalue weighted by atomic mass is 79.9. The van der Waals surface area contributed by atoms with Gasteiger partial charge in [-0.1, -0.05) is 33.6 Å². The molecule has 106 valence electrons. The number of benzene rings is 2. The van der Waals surface area contributed by atoms with Crippen LogP contribution >= 0.6 is 27.5 Å². The van der Waals surface area contributed by atoms with E-state index in [9.17, 15) is 0 Å². The Bertz CT molecular complexity index is 617. The Morgan fingerprint density at radius 2 is 1.75 bits per heavy atom. The van der Waals surface area contributed by atoms with Crippen molar-refractivity contribution in [3.8, 4) is 11.5 Å². The number of nitrogens with two attached hydrogens (primary N) is 1. The van der Waals surface area contributed by atoms with Crippen molar-refractivity contribution in [2.24, 2.45) is 5.73 Å². The number of rotatable bonds is 3. The Kier molecular flexibility index (Phi) is 4.74. The fraction of sp³-hybridized carbons (Fsp3) is 0.250. The van der Waals surface area contributed by atoms with Crippen LogP contribution < -0.4 is 10.5 Å². The Morgan fingerprint density at radius 1 is 1.15 bits per heavy atom. The van der Waals surface area contributed by atoms with E-state index in [1.165, 1.54) is 0 Å². The zero-order valence-corrected chi connectivity index (χ0v) is 14.0. The third-order valence-corrected chi connectivity index (χ3v) is 4.67. The van der Waals surface area contributed by atoms with E-state index in [4.69, 9.17) is 22.1 Å². The summed E-state index contributed by atoms with van der Waals surface area (Å²) in [6.07, 6.45) is 0. The van der Waals surface area contributed by atoms with Crippen molar-refractivity contribution >= 4 is 27.5 Å². The largest absolute Gasteiger partial charge is 0.456 e. The van der Waals surface area contributed by atoms with Crippen molar-refractivity contribution in [2.45, 2.75) is 26.8 Å². The highest BCUT2D eigenvalue weighted by molar-refractivity contribution is 9.10. The lowest BCUT2D eigenvalue weighted by Gasteiger charge is -2.13. The van der Waals surface area contributed by atoms with E-state index in [0.29, 0.717) is 10.8 Å². The van der Waals surface area contributed by atoms with Crippen LogP contribution in [0.3, 0.4) is 0 Å². The van der Waals surface area contributed by atoms with E-state index in [2.05, 4.69) is 15.9 Å². The molecular formula is C16H17BrClNO. The average molecular weight is 355 g/mol. The molecule has 0 aliphatic carbocycles. The third kappa shape index (κ3) is 3.35. The van der Waals surface area contributed by atoms with E-state index in [-0.39, 0.29) is 6.04 Å². The van der Waals surface area contributed by atoms with Crippen LogP contribution in [-0.2, 0) is 0 Å². The smallest absolute Gasteiger partial charge is 0.146 e. The molecule has 0 amide bonds. The minimum absolute atomic E-state index is 0.0429. The summed E-state index contributed by atoms with van der Waals surface area (Å²) in [4.78, 5) is 0. The van der Waals surface area contributed by atoms with Gasteiger partial charge in [0.25, 0.3) is 0 Å². The monoisotopic (exact) mass is 353 g/mol. The maximum absolute atomic E-state index is 6.24. The second-order valence-electron chi connectivity index (χ2n) is 4.95. The first-order valence-electron chi connectivity index (χ1n) is 6.38. The highest BCUT2D eigenvalue weighted by Gasteiger charge is 2.09. The molecule has 20 heavy (non-hydrogen) atoms. The number of hydrogen-bond acceptors (Lipinski definition) is 2. The van der Waals surface area contributed by atoms with Crippen molar-refractivity contribution in [1.82, 2.24) is 0 Å². The summed E-state index contributed by atoms with van der Waals surface area (Å²) >= 11 is 9.79. The molecule has 2 nitrogen and oxygen atoms in total. The predicted molar refractivity (Wildman–Crippen MR) is 87.7 cm³/mol. The summed E-state index contributed by atoms with van der Waals surface area (Å²) in [5, 5.41) is 0.568. The number of hydrogen-bond donors (Lipinski definition) is 1. The van der Waals surface area contributed by atoms with Gasteiger partial charge < -0.3 is 10.5 Å². The Balaban J connectivity index is 2.31. The molecule has 0 aliphatic heterocycles. The Hall–Kier alpha value is -1.03. The predicted octanol–water partition coefficient (Wildman–Crippen LogP) is 5.53. The summed E-state index contributed by atoms with van der Waals surface area (Å²) in [5.74, 6) is 1.41. The first-order chi connectivity index (χ1) is 9.38. The van der Waals surface area contributed by atoms with Gasteiger partial charge in [-0.25, -0.2) is 0 Å². The molecule has 0 saturated carbocycles. The minimum atomic E-state index is -0.0429. The lowest BCUT2D eigenvalue weighted by molar-refractivity contribution is 0.481. The van der Waals surface area contributed by atoms with Gasteiger partial charge in [0, 0.05) is 10.5 Å². The van der Waals surface area contributed by atoms with Crippen LogP contribution in [0.4, 0.5) is 0 Å². The molecule has 0 radical (unpaired) electrons. The van der Waals surface area contributed by atoms with Gasteiger partial charge in [-0.3, -0.25) is 0 Å². The summed E-state index contributed by atoms with van der Waals surface area (Å²) in [7, 11) is 0. The van der Waals surface area contributed by atoms with Crippen molar-refractivity contribution in [2.75, 3.05) is 0 Å². The SMILES string of the molecule is Cc1cc(Oc2ccc(C(C)N)cc2Cl)cc(C)c1Br. The van der Waals surface area contributed by atoms with Crippen molar-refractivity contribution in [3.05, 3.63) is 56.5 Å². The molecule has 2 aromatic rings. The minimum Gasteiger partial charge on any atom is -0.456 e. The van der Waals surface area contributed by atoms with Gasteiger partial charge in [-0.15, -0.1) is 0 Å². The molecule has 1 unspecified atom stereocenters. The Labute approximate surface area is 133 Å². The van der Waals surface area contributed by atoms with E-state index >= 15 is 0 Å². The van der Waals surface area contributed by atoms with E-state index in [1.807, 2.05) is 51.1 Å². The maximum Gasteiger partial charge on any atom is 0.146 e. The summed E-state index contributed by atoms with van der Waals surface area (Å²) in [6.45, 7) is 5.99. The first-order valence-corrected chi connectivity index (χ1v) is 7.55. The molecule has 2 aromatic carbocycles. The Morgan fingerprint density at radius 3 is 2.25 bits per heavy atom. The van der Waals surface area contributed by atoms with Gasteiger partial charge in [0.2, 0.25) is 0 Å². The van der Waals surface area contributed by atoms with Crippen LogP contribution in [0.2, 0.25) is 5.02 Å². The zero-order chi connectivity index (χ0) is 14.9. The molecule has 0 fully saturated rings. The van der Waals surface area contributed by atoms with Gasteiger partial charge in [0.05, 0.1) is 5.02 Å². The lowest BCUT2D eigenvalue weighted by Crippen LogP contribution is -2.04. The molecule has 0 aliphatic rings. The molecule has 0 spiro atoms. The molecule has 0 aromatic heterocycles. The fourth-order valence-electron chi connectivity index (χ4n) is 1.98. The van der Waals surface area contributed by atoms with Crippen molar-refractivity contribution in [1.29, 1.82) is 0 Å². The summed E-state index contributed by atoms with van der Waals surface area (Å²) in [6, 6.07) is 9.55. The molecule has 0 heterocycles. The van der Waals surface area contributed by atoms with Crippen LogP contribution in [0.15, 0.2) is 34.8 Å². The maximum atomic E-state index is 6.24. The second kappa shape index (κ2) is 6.17. The lowest BCUT2D eigenvalue weighted by atomic mass is 10.1. The molecule has 1 atom stereocenters. The van der Waals surface area contributed by atoms with Gasteiger partial charge >= 0.3 is 0 Å². The highest BCUT2D eigenvalue weighted by Crippen LogP contribution is 2.34. The normalized spacial score (nSPS) is 12.3. The molecule has 0 saturated heterocycles. The molecule has 4 heteroatoms. The quantitative estimate of drug-likeness (QED) is 0.786. The van der Waals surface area contributed by atoms with E-state index in [0.717, 1.165) is 26.9 Å². The van der Waals surface area contributed by atoms with Crippen LogP contribution in [0.5, 0.6) is 11.5 Å². The van der Waals surface area contributed by atoms with Gasteiger partial charge in [-0.05, 0) is 61.7 Å². The zero-order valence-electron chi connectivity index (χ0n) is 11.7. The number of ether oxygens (including phenoxy) is 1. The summed E-state index contributed by atoms with van der Waals surface area (Å²) < 4.78 is 6.97. The van der Waals surface area contributed by atoms with Crippen molar-refractivity contribution < 1.29 is 4.74 Å². The van der Waals surface area contributed by atoms with Crippen LogP contribution in [0.25, 0.3) is 0 Å². The van der Waals surface area contributed by atoms with Crippen molar-refractivity contribution in [3.63, 3.8) is 0 Å². The second-order valence-corrected chi connectivity index (χ2v) is 6.15. The molecule has 2 rings (SSSR count).